The number of nitrogens with zero attached hydrogens (tertiary/aromatic N) is 2. The van der Waals surface area contributed by atoms with Crippen molar-refractivity contribution in [2.45, 2.75) is 51.8 Å². The summed E-state index contributed by atoms with van der Waals surface area (Å²) in [6.45, 7) is 8.46. The molecule has 0 saturated carbocycles. The van der Waals surface area contributed by atoms with Crippen LogP contribution >= 0.6 is 15.9 Å². The molecule has 0 saturated heterocycles. The molecule has 5 nitrogen and oxygen atoms in total. The molecule has 122 valence electrons. The second kappa shape index (κ2) is 8.88. The Labute approximate surface area is 136 Å². The lowest BCUT2D eigenvalue weighted by Crippen LogP contribution is -2.45. The minimum Gasteiger partial charge on any atom is -0.383 e. The number of likely N-dealkylation sites (N-methyl/N-ethyl adjacent to an activating group) is 1. The molecule has 1 unspecified atom stereocenters. The first-order valence-corrected chi connectivity index (χ1v) is 8.40. The monoisotopic (exact) mass is 361 g/mol. The molecule has 1 aromatic rings. The maximum absolute atomic E-state index is 6.16. The lowest BCUT2D eigenvalue weighted by molar-refractivity contribution is -0.0738. The van der Waals surface area contributed by atoms with Gasteiger partial charge in [0.25, 0.3) is 0 Å². The SMILES string of the molecule is CCOC(CC)(CC)C(NC)c1c(Br)cnn1CCOC. The zero-order valence-corrected chi connectivity index (χ0v) is 15.4. The van der Waals surface area contributed by atoms with E-state index in [4.69, 9.17) is 9.47 Å². The van der Waals surface area contributed by atoms with E-state index in [9.17, 15) is 0 Å². The number of aromatic nitrogens is 2. The molecule has 0 aliphatic heterocycles. The Hall–Kier alpha value is -0.430. The van der Waals surface area contributed by atoms with Crippen molar-refractivity contribution in [1.29, 1.82) is 0 Å². The minimum atomic E-state index is -0.239. The van der Waals surface area contributed by atoms with Crippen LogP contribution in [0.25, 0.3) is 0 Å². The van der Waals surface area contributed by atoms with Crippen molar-refractivity contribution >= 4 is 15.9 Å². The van der Waals surface area contributed by atoms with Gasteiger partial charge in [-0.3, -0.25) is 4.68 Å². The quantitative estimate of drug-likeness (QED) is 0.695. The van der Waals surface area contributed by atoms with Crippen molar-refractivity contribution in [2.24, 2.45) is 0 Å². The molecule has 1 aromatic heterocycles. The van der Waals surface area contributed by atoms with Crippen LogP contribution in [0.15, 0.2) is 10.7 Å². The first kappa shape index (κ1) is 18.6. The third kappa shape index (κ3) is 4.06. The summed E-state index contributed by atoms with van der Waals surface area (Å²) in [7, 11) is 3.68. The van der Waals surface area contributed by atoms with Gasteiger partial charge in [-0.05, 0) is 42.7 Å². The van der Waals surface area contributed by atoms with Gasteiger partial charge in [0, 0.05) is 13.7 Å². The van der Waals surface area contributed by atoms with Gasteiger partial charge in [0.2, 0.25) is 0 Å². The number of hydrogen-bond acceptors (Lipinski definition) is 4. The van der Waals surface area contributed by atoms with E-state index >= 15 is 0 Å². The molecule has 1 atom stereocenters. The number of halogens is 1. The van der Waals surface area contributed by atoms with Crippen molar-refractivity contribution in [2.75, 3.05) is 27.4 Å². The second-order valence-electron chi connectivity index (χ2n) is 5.02. The molecule has 0 aromatic carbocycles. The summed E-state index contributed by atoms with van der Waals surface area (Å²) in [5, 5.41) is 7.89. The van der Waals surface area contributed by atoms with Gasteiger partial charge >= 0.3 is 0 Å². The van der Waals surface area contributed by atoms with Crippen LogP contribution < -0.4 is 5.32 Å². The van der Waals surface area contributed by atoms with Crippen LogP contribution in [0.5, 0.6) is 0 Å². The normalized spacial score (nSPS) is 13.6. The Morgan fingerprint density at radius 2 is 2.05 bits per heavy atom. The fourth-order valence-electron chi connectivity index (χ4n) is 2.90. The number of rotatable bonds is 10. The Balaban J connectivity index is 3.21. The Morgan fingerprint density at radius 1 is 1.38 bits per heavy atom. The summed E-state index contributed by atoms with van der Waals surface area (Å²) in [6.07, 6.45) is 3.72. The van der Waals surface area contributed by atoms with E-state index in [0.717, 1.165) is 29.6 Å². The van der Waals surface area contributed by atoms with Crippen LogP contribution in [-0.2, 0) is 16.0 Å². The van der Waals surface area contributed by atoms with E-state index < -0.39 is 0 Å². The average molecular weight is 362 g/mol. The molecular formula is C15H28BrN3O2. The minimum absolute atomic E-state index is 0.0705. The summed E-state index contributed by atoms with van der Waals surface area (Å²) in [5.74, 6) is 0. The molecule has 1 rings (SSSR count). The van der Waals surface area contributed by atoms with Crippen molar-refractivity contribution in [3.63, 3.8) is 0 Å². The van der Waals surface area contributed by atoms with Gasteiger partial charge < -0.3 is 14.8 Å². The molecule has 1 N–H and O–H groups in total. The summed E-state index contributed by atoms with van der Waals surface area (Å²) < 4.78 is 14.3. The fourth-order valence-corrected chi connectivity index (χ4v) is 3.42. The molecule has 0 aliphatic carbocycles. The van der Waals surface area contributed by atoms with Crippen LogP contribution in [-0.4, -0.2) is 42.8 Å². The van der Waals surface area contributed by atoms with E-state index in [-0.39, 0.29) is 11.6 Å². The predicted molar refractivity (Wildman–Crippen MR) is 88.5 cm³/mol. The highest BCUT2D eigenvalue weighted by Crippen LogP contribution is 2.38. The predicted octanol–water partition coefficient (Wildman–Crippen LogP) is 3.15. The van der Waals surface area contributed by atoms with E-state index in [2.05, 4.69) is 40.2 Å². The maximum Gasteiger partial charge on any atom is 0.0886 e. The molecule has 0 fully saturated rings. The highest BCUT2D eigenvalue weighted by molar-refractivity contribution is 9.10. The standard InChI is InChI=1S/C15H28BrN3O2/c1-6-15(7-2,21-8-3)14(17-4)13-12(16)11-18-19(13)9-10-20-5/h11,14,17H,6-10H2,1-5H3. The van der Waals surface area contributed by atoms with Gasteiger partial charge in [-0.15, -0.1) is 0 Å². The van der Waals surface area contributed by atoms with Gasteiger partial charge in [0.1, 0.15) is 0 Å². The molecule has 0 amide bonds. The van der Waals surface area contributed by atoms with Crippen LogP contribution in [0, 0.1) is 0 Å². The summed E-state index contributed by atoms with van der Waals surface area (Å²) in [4.78, 5) is 0. The smallest absolute Gasteiger partial charge is 0.0886 e. The highest BCUT2D eigenvalue weighted by Gasteiger charge is 2.39. The molecular weight excluding hydrogens is 334 g/mol. The van der Waals surface area contributed by atoms with Crippen molar-refractivity contribution < 1.29 is 9.47 Å². The zero-order valence-electron chi connectivity index (χ0n) is 13.8. The molecule has 1 heterocycles. The molecule has 0 aliphatic rings. The maximum atomic E-state index is 6.16. The highest BCUT2D eigenvalue weighted by atomic mass is 79.9. The van der Waals surface area contributed by atoms with Gasteiger partial charge in [-0.1, -0.05) is 13.8 Å². The lowest BCUT2D eigenvalue weighted by atomic mass is 9.86. The fraction of sp³-hybridized carbons (Fsp3) is 0.800. The van der Waals surface area contributed by atoms with E-state index in [0.29, 0.717) is 13.2 Å². The Kier molecular flexibility index (Phi) is 7.87. The zero-order chi connectivity index (χ0) is 15.9. The summed E-state index contributed by atoms with van der Waals surface area (Å²) >= 11 is 3.63. The first-order chi connectivity index (χ1) is 10.1. The molecule has 0 bridgehead atoms. The van der Waals surface area contributed by atoms with E-state index in [1.54, 1.807) is 7.11 Å². The number of nitrogens with one attached hydrogen (secondary N) is 1. The molecule has 21 heavy (non-hydrogen) atoms. The van der Waals surface area contributed by atoms with E-state index in [1.165, 1.54) is 0 Å². The largest absolute Gasteiger partial charge is 0.383 e. The molecule has 0 spiro atoms. The Bertz CT molecular complexity index is 419. The van der Waals surface area contributed by atoms with Crippen molar-refractivity contribution in [1.82, 2.24) is 15.1 Å². The van der Waals surface area contributed by atoms with Crippen LogP contribution in [0.3, 0.4) is 0 Å². The second-order valence-corrected chi connectivity index (χ2v) is 5.87. The molecule has 6 heteroatoms. The van der Waals surface area contributed by atoms with Gasteiger partial charge in [0.15, 0.2) is 0 Å². The lowest BCUT2D eigenvalue weighted by Gasteiger charge is -2.39. The average Bonchev–Trinajstić information content (AvgIpc) is 2.86. The third-order valence-corrected chi connectivity index (χ3v) is 4.67. The number of hydrogen-bond donors (Lipinski definition) is 1. The number of ether oxygens (including phenoxy) is 2. The van der Waals surface area contributed by atoms with Crippen LogP contribution in [0.2, 0.25) is 0 Å². The summed E-state index contributed by atoms with van der Waals surface area (Å²) in [6, 6.07) is 0.0705. The number of methoxy groups -OCH3 is 1. The topological polar surface area (TPSA) is 48.3 Å². The van der Waals surface area contributed by atoms with Gasteiger partial charge in [-0.2, -0.15) is 5.10 Å². The third-order valence-electron chi connectivity index (χ3n) is 4.06. The van der Waals surface area contributed by atoms with Crippen LogP contribution in [0.4, 0.5) is 0 Å². The van der Waals surface area contributed by atoms with Gasteiger partial charge in [0.05, 0.1) is 41.2 Å². The Morgan fingerprint density at radius 3 is 2.52 bits per heavy atom. The summed E-state index contributed by atoms with van der Waals surface area (Å²) in [5.41, 5.74) is 0.878. The first-order valence-electron chi connectivity index (χ1n) is 7.61. The van der Waals surface area contributed by atoms with Crippen molar-refractivity contribution in [3.8, 4) is 0 Å². The van der Waals surface area contributed by atoms with Gasteiger partial charge in [-0.25, -0.2) is 0 Å². The molecule has 0 radical (unpaired) electrons. The van der Waals surface area contributed by atoms with Crippen molar-refractivity contribution in [3.05, 3.63) is 16.4 Å². The van der Waals surface area contributed by atoms with E-state index in [1.807, 2.05) is 24.9 Å². The van der Waals surface area contributed by atoms with Crippen LogP contribution in [0.1, 0.15) is 45.3 Å².